The maximum Gasteiger partial charge on any atom is 0.248 e. The summed E-state index contributed by atoms with van der Waals surface area (Å²) in [6, 6.07) is 13.4. The van der Waals surface area contributed by atoms with E-state index < -0.39 is 37.8 Å². The molecule has 2 aromatic rings. The Hall–Kier alpha value is -3.10. The monoisotopic (exact) mass is 606 g/mol. The minimum atomic E-state index is -3.59. The van der Waals surface area contributed by atoms with Gasteiger partial charge in [-0.25, -0.2) is 8.42 Å². The third-order valence-electron chi connectivity index (χ3n) is 10.7. The Morgan fingerprint density at radius 2 is 2.00 bits per heavy atom. The van der Waals surface area contributed by atoms with Crippen molar-refractivity contribution < 1.29 is 23.1 Å². The van der Waals surface area contributed by atoms with Crippen LogP contribution in [0.1, 0.15) is 73.9 Å². The molecule has 2 unspecified atom stereocenters. The van der Waals surface area contributed by atoms with E-state index in [1.807, 2.05) is 19.1 Å². The summed E-state index contributed by atoms with van der Waals surface area (Å²) >= 11 is 0. The van der Waals surface area contributed by atoms with Gasteiger partial charge in [-0.05, 0) is 80.2 Å². The van der Waals surface area contributed by atoms with Crippen molar-refractivity contribution in [1.29, 1.82) is 0 Å². The molecule has 232 valence electrons. The minimum Gasteiger partial charge on any atom is -0.490 e. The second-order valence-corrected chi connectivity index (χ2v) is 15.4. The summed E-state index contributed by atoms with van der Waals surface area (Å²) in [4.78, 5) is 14.5. The van der Waals surface area contributed by atoms with Crippen LogP contribution in [0.25, 0.3) is 0 Å². The van der Waals surface area contributed by atoms with Gasteiger partial charge in [0.15, 0.2) is 9.84 Å². The van der Waals surface area contributed by atoms with Crippen LogP contribution >= 0.6 is 0 Å². The van der Waals surface area contributed by atoms with E-state index in [4.69, 9.17) is 10.5 Å². The number of anilines is 1. The number of benzene rings is 2. The van der Waals surface area contributed by atoms with Crippen LogP contribution in [0.2, 0.25) is 0 Å². The number of hydrogen-bond donors (Lipinski definition) is 2. The molecule has 1 aliphatic heterocycles. The van der Waals surface area contributed by atoms with Gasteiger partial charge in [0.25, 0.3) is 0 Å². The van der Waals surface area contributed by atoms with Gasteiger partial charge < -0.3 is 20.5 Å². The molecule has 1 amide bonds. The number of amides is 1. The summed E-state index contributed by atoms with van der Waals surface area (Å²) in [5.41, 5.74) is 7.78. The smallest absolute Gasteiger partial charge is 0.248 e. The number of sulfone groups is 1. The van der Waals surface area contributed by atoms with Crippen LogP contribution in [0.5, 0.6) is 5.75 Å². The first-order chi connectivity index (χ1) is 20.5. The van der Waals surface area contributed by atoms with Crippen LogP contribution in [0, 0.1) is 11.3 Å². The summed E-state index contributed by atoms with van der Waals surface area (Å²) in [5, 5.41) is 9.75. The summed E-state index contributed by atoms with van der Waals surface area (Å²) in [7, 11) is -3.59. The van der Waals surface area contributed by atoms with Gasteiger partial charge in [-0.2, -0.15) is 0 Å². The third kappa shape index (κ3) is 5.42. The third-order valence-corrected chi connectivity index (χ3v) is 13.7. The van der Waals surface area contributed by atoms with Crippen LogP contribution in [-0.4, -0.2) is 55.7 Å². The van der Waals surface area contributed by atoms with Crippen molar-refractivity contribution in [3.8, 4) is 5.75 Å². The van der Waals surface area contributed by atoms with Gasteiger partial charge in [0.05, 0.1) is 27.7 Å². The number of carbonyl (C=O) groups excluding carboxylic acids is 1. The summed E-state index contributed by atoms with van der Waals surface area (Å²) in [6.07, 6.45) is 7.46. The molecule has 3 N–H and O–H groups in total. The van der Waals surface area contributed by atoms with Gasteiger partial charge in [0.1, 0.15) is 12.4 Å². The average molecular weight is 607 g/mol. The standard InChI is InChI=1S/C35H46N2O5S/c1-5-8-12-27(6-2)43(40,41)32-17-15-24-11-9-10-13-28(24)35(32)22-37(21-26-18-19-34(26,4)31(38)7-3)29-20-25(33(36)39)14-16-30(29)42-23-35/h5,7,9-11,13-14,16,20,26-27,31-32,38H,1,3,6,8,12,15,17-19,21-23H2,2,4H3,(H2,36,39)/t26-,27+,31+,32?,34+,35?/m0/s1. The molecule has 2 aliphatic carbocycles. The first-order valence-corrected chi connectivity index (χ1v) is 17.2. The van der Waals surface area contributed by atoms with Crippen molar-refractivity contribution in [1.82, 2.24) is 0 Å². The topological polar surface area (TPSA) is 110 Å². The molecule has 1 saturated carbocycles. The highest BCUT2D eigenvalue weighted by Crippen LogP contribution is 2.52. The van der Waals surface area contributed by atoms with Crippen LogP contribution in [-0.2, 0) is 21.7 Å². The number of ether oxygens (including phenoxy) is 1. The number of allylic oxidation sites excluding steroid dienone is 1. The summed E-state index contributed by atoms with van der Waals surface area (Å²) < 4.78 is 35.9. The number of aryl methyl sites for hydroxylation is 1. The van der Waals surface area contributed by atoms with Crippen molar-refractivity contribution in [2.24, 2.45) is 17.1 Å². The fourth-order valence-electron chi connectivity index (χ4n) is 7.84. The molecule has 0 radical (unpaired) electrons. The molecule has 8 heteroatoms. The molecule has 0 bridgehead atoms. The van der Waals surface area contributed by atoms with E-state index in [0.717, 1.165) is 29.7 Å². The molecular weight excluding hydrogens is 560 g/mol. The lowest BCUT2D eigenvalue weighted by atomic mass is 9.58. The molecule has 7 nitrogen and oxygen atoms in total. The quantitative estimate of drug-likeness (QED) is 0.334. The SMILES string of the molecule is C=CCC[C@@H](CC)S(=O)(=O)C1CCc2ccccc2C12COc1ccc(C(N)=O)cc1N(C[C@@H]1CC[C@@]1(C)[C@H](O)C=C)C2. The molecule has 0 aromatic heterocycles. The number of aliphatic hydroxyl groups excluding tert-OH is 1. The van der Waals surface area contributed by atoms with E-state index >= 15 is 0 Å². The second kappa shape index (κ2) is 12.1. The summed E-state index contributed by atoms with van der Waals surface area (Å²) in [5.74, 6) is 0.199. The Bertz CT molecular complexity index is 1490. The number of nitrogens with zero attached hydrogens (tertiary/aromatic N) is 1. The van der Waals surface area contributed by atoms with Crippen molar-refractivity contribution in [2.75, 3.05) is 24.6 Å². The lowest BCUT2D eigenvalue weighted by molar-refractivity contribution is -0.0466. The zero-order chi connectivity index (χ0) is 31.0. The number of aliphatic hydroxyl groups is 1. The van der Waals surface area contributed by atoms with Crippen molar-refractivity contribution in [3.05, 3.63) is 84.5 Å². The molecule has 1 spiro atoms. The Labute approximate surface area is 256 Å². The summed E-state index contributed by atoms with van der Waals surface area (Å²) in [6.45, 7) is 12.9. The van der Waals surface area contributed by atoms with E-state index in [0.29, 0.717) is 56.5 Å². The van der Waals surface area contributed by atoms with Crippen LogP contribution in [0.15, 0.2) is 67.8 Å². The predicted molar refractivity (Wildman–Crippen MR) is 172 cm³/mol. The molecule has 2 aromatic carbocycles. The van der Waals surface area contributed by atoms with Crippen LogP contribution in [0.4, 0.5) is 5.69 Å². The minimum absolute atomic E-state index is 0.130. The first-order valence-electron chi connectivity index (χ1n) is 15.6. The van der Waals surface area contributed by atoms with Crippen LogP contribution in [0.3, 0.4) is 0 Å². The van der Waals surface area contributed by atoms with Gasteiger partial charge in [-0.15, -0.1) is 13.2 Å². The van der Waals surface area contributed by atoms with E-state index in [1.54, 1.807) is 30.4 Å². The number of nitrogens with two attached hydrogens (primary N) is 1. The van der Waals surface area contributed by atoms with E-state index in [-0.39, 0.29) is 17.9 Å². The van der Waals surface area contributed by atoms with Crippen LogP contribution < -0.4 is 15.4 Å². The van der Waals surface area contributed by atoms with Gasteiger partial charge in [-0.3, -0.25) is 4.79 Å². The molecule has 1 fully saturated rings. The Kier molecular flexibility index (Phi) is 8.83. The van der Waals surface area contributed by atoms with Gasteiger partial charge in [-0.1, -0.05) is 50.3 Å². The van der Waals surface area contributed by atoms with Crippen molar-refractivity contribution in [2.45, 2.75) is 80.8 Å². The first kappa shape index (κ1) is 31.3. The highest BCUT2D eigenvalue weighted by atomic mass is 32.2. The predicted octanol–water partition coefficient (Wildman–Crippen LogP) is 5.36. The molecule has 5 rings (SSSR count). The maximum atomic E-state index is 14.6. The van der Waals surface area contributed by atoms with E-state index in [1.165, 1.54) is 0 Å². The van der Waals surface area contributed by atoms with E-state index in [2.05, 4.69) is 37.1 Å². The van der Waals surface area contributed by atoms with Gasteiger partial charge in [0.2, 0.25) is 5.91 Å². The largest absolute Gasteiger partial charge is 0.490 e. The lowest BCUT2D eigenvalue weighted by Crippen LogP contribution is -2.59. The average Bonchev–Trinajstić information content (AvgIpc) is 3.16. The number of rotatable bonds is 11. The zero-order valence-corrected chi connectivity index (χ0v) is 26.3. The fourth-order valence-corrected chi connectivity index (χ4v) is 10.6. The van der Waals surface area contributed by atoms with Crippen molar-refractivity contribution >= 4 is 21.4 Å². The second-order valence-electron chi connectivity index (χ2n) is 13.0. The number of fused-ring (bicyclic) bond motifs is 3. The van der Waals surface area contributed by atoms with Gasteiger partial charge in [0, 0.05) is 24.1 Å². The molecular formula is C35H46N2O5S. The fraction of sp³-hybridized carbons (Fsp3) is 0.514. The molecule has 0 saturated heterocycles. The lowest BCUT2D eigenvalue weighted by Gasteiger charge is -2.52. The Morgan fingerprint density at radius 3 is 2.65 bits per heavy atom. The van der Waals surface area contributed by atoms with Crippen molar-refractivity contribution in [3.63, 3.8) is 0 Å². The molecule has 1 heterocycles. The highest BCUT2D eigenvalue weighted by Gasteiger charge is 2.55. The molecule has 43 heavy (non-hydrogen) atoms. The zero-order valence-electron chi connectivity index (χ0n) is 25.5. The number of carbonyl (C=O) groups is 1. The van der Waals surface area contributed by atoms with E-state index in [9.17, 15) is 18.3 Å². The maximum absolute atomic E-state index is 14.6. The number of hydrogen-bond acceptors (Lipinski definition) is 6. The Balaban J connectivity index is 1.66. The Morgan fingerprint density at radius 1 is 1.23 bits per heavy atom. The highest BCUT2D eigenvalue weighted by molar-refractivity contribution is 7.92. The molecule has 3 aliphatic rings. The molecule has 6 atom stereocenters. The van der Waals surface area contributed by atoms with Gasteiger partial charge >= 0.3 is 0 Å². The normalized spacial score (nSPS) is 27.9. The number of primary amides is 1.